The van der Waals surface area contributed by atoms with Gasteiger partial charge in [-0.2, -0.15) is 0 Å². The summed E-state index contributed by atoms with van der Waals surface area (Å²) in [5.74, 6) is 0. The minimum Gasteiger partial charge on any atom is -0.378 e. The van der Waals surface area contributed by atoms with Crippen LogP contribution in [0.25, 0.3) is 0 Å². The molecule has 2 heterocycles. The van der Waals surface area contributed by atoms with Gasteiger partial charge in [-0.15, -0.1) is 0 Å². The topological polar surface area (TPSA) is 15.7 Å². The summed E-state index contributed by atoms with van der Waals surface area (Å²) in [6, 6.07) is 1.36. The van der Waals surface area contributed by atoms with Gasteiger partial charge in [0.05, 0.1) is 13.2 Å². The number of nitrogens with zero attached hydrogens (tertiary/aromatic N) is 2. The molecule has 0 radical (unpaired) electrons. The quantitative estimate of drug-likeness (QED) is 0.598. The highest BCUT2D eigenvalue weighted by atomic mass is 16.5. The molecule has 0 aromatic carbocycles. The number of ether oxygens (including phenoxy) is 1. The Bertz CT molecular complexity index is 180. The van der Waals surface area contributed by atoms with E-state index >= 15 is 0 Å². The second-order valence-electron chi connectivity index (χ2n) is 4.17. The van der Waals surface area contributed by atoms with E-state index in [0.717, 1.165) is 19.8 Å². The van der Waals surface area contributed by atoms with Crippen molar-refractivity contribution in [1.82, 2.24) is 9.80 Å². The fraction of sp³-hybridized carbons (Fsp3) is 1.00. The van der Waals surface area contributed by atoms with Gasteiger partial charge in [-0.05, 0) is 13.5 Å². The van der Waals surface area contributed by atoms with Crippen molar-refractivity contribution in [3.63, 3.8) is 0 Å². The second-order valence-corrected chi connectivity index (χ2v) is 4.17. The third-order valence-corrected chi connectivity index (χ3v) is 3.28. The number of piperazine rings is 1. The summed E-state index contributed by atoms with van der Waals surface area (Å²) in [5, 5.41) is 0. The van der Waals surface area contributed by atoms with E-state index < -0.39 is 0 Å². The van der Waals surface area contributed by atoms with Crippen LogP contribution in [-0.2, 0) is 4.74 Å². The smallest absolute Gasteiger partial charge is 0.0635 e. The lowest BCUT2D eigenvalue weighted by atomic mass is 10.1. The van der Waals surface area contributed by atoms with E-state index in [9.17, 15) is 0 Å². The third-order valence-electron chi connectivity index (χ3n) is 3.28. The highest BCUT2D eigenvalue weighted by molar-refractivity contribution is 4.88. The predicted molar refractivity (Wildman–Crippen MR) is 55.0 cm³/mol. The molecule has 0 spiro atoms. The van der Waals surface area contributed by atoms with Gasteiger partial charge in [0.2, 0.25) is 0 Å². The largest absolute Gasteiger partial charge is 0.378 e. The van der Waals surface area contributed by atoms with Gasteiger partial charge < -0.3 is 9.64 Å². The molecular weight excluding hydrogens is 164 g/mol. The maximum absolute atomic E-state index is 5.51. The Labute approximate surface area is 82.1 Å². The van der Waals surface area contributed by atoms with Crippen molar-refractivity contribution in [2.24, 2.45) is 0 Å². The Morgan fingerprint density at radius 2 is 2.31 bits per heavy atom. The van der Waals surface area contributed by atoms with Gasteiger partial charge >= 0.3 is 0 Å². The van der Waals surface area contributed by atoms with Gasteiger partial charge in [0.15, 0.2) is 0 Å². The highest BCUT2D eigenvalue weighted by Gasteiger charge is 2.33. The third kappa shape index (κ3) is 1.87. The fourth-order valence-electron chi connectivity index (χ4n) is 2.51. The summed E-state index contributed by atoms with van der Waals surface area (Å²) in [6.07, 6.45) is 0. The number of hydrogen-bond donors (Lipinski definition) is 0. The second kappa shape index (κ2) is 3.95. The zero-order chi connectivity index (χ0) is 9.26. The normalized spacial score (nSPS) is 37.4. The van der Waals surface area contributed by atoms with Crippen LogP contribution in [0.5, 0.6) is 0 Å². The molecule has 3 nitrogen and oxygen atoms in total. The molecule has 0 saturated carbocycles. The van der Waals surface area contributed by atoms with Crippen molar-refractivity contribution in [2.45, 2.75) is 25.9 Å². The van der Waals surface area contributed by atoms with E-state index in [1.54, 1.807) is 0 Å². The van der Waals surface area contributed by atoms with Gasteiger partial charge in [-0.1, -0.05) is 6.92 Å². The standard InChI is InChI=1S/C10H20N2O.H2/c1-3-11-6-9(2)12-4-5-13-8-10(12)7-11;/h9-10H,3-8H2,1-2H3;1H/t9-,10?;/m0./s1. The molecule has 2 aliphatic rings. The predicted octanol–water partition coefficient (Wildman–Crippen LogP) is 0.657. The number of likely N-dealkylation sites (N-methyl/N-ethyl adjacent to an activating group) is 1. The highest BCUT2D eigenvalue weighted by Crippen LogP contribution is 2.18. The van der Waals surface area contributed by atoms with Gasteiger partial charge in [0.1, 0.15) is 0 Å². The van der Waals surface area contributed by atoms with Crippen molar-refractivity contribution in [3.8, 4) is 0 Å². The first-order valence-electron chi connectivity index (χ1n) is 5.37. The number of morpholine rings is 1. The summed E-state index contributed by atoms with van der Waals surface area (Å²) in [5.41, 5.74) is 0. The monoisotopic (exact) mass is 186 g/mol. The number of rotatable bonds is 1. The first kappa shape index (κ1) is 9.44. The van der Waals surface area contributed by atoms with Crippen LogP contribution < -0.4 is 0 Å². The molecule has 0 aromatic rings. The molecule has 78 valence electrons. The average Bonchev–Trinajstić information content (AvgIpc) is 2.18. The summed E-state index contributed by atoms with van der Waals surface area (Å²) in [4.78, 5) is 5.14. The molecule has 2 fully saturated rings. The van der Waals surface area contributed by atoms with E-state index in [2.05, 4.69) is 23.6 Å². The molecule has 2 saturated heterocycles. The van der Waals surface area contributed by atoms with Crippen LogP contribution in [-0.4, -0.2) is 61.3 Å². The number of fused-ring (bicyclic) bond motifs is 1. The zero-order valence-electron chi connectivity index (χ0n) is 8.70. The molecule has 2 rings (SSSR count). The summed E-state index contributed by atoms with van der Waals surface area (Å²) < 4.78 is 5.51. The molecule has 0 bridgehead atoms. The van der Waals surface area contributed by atoms with Crippen LogP contribution in [0, 0.1) is 0 Å². The minimum atomic E-state index is 0. The summed E-state index contributed by atoms with van der Waals surface area (Å²) in [6.45, 7) is 11.2. The SMILES string of the molecule is CCN1CC2COCCN2[C@@H](C)C1.[HH]. The minimum absolute atomic E-state index is 0. The lowest BCUT2D eigenvalue weighted by Crippen LogP contribution is -2.61. The van der Waals surface area contributed by atoms with Crippen LogP contribution in [0.2, 0.25) is 0 Å². The molecule has 3 heteroatoms. The van der Waals surface area contributed by atoms with Gasteiger partial charge in [-0.25, -0.2) is 0 Å². The Hall–Kier alpha value is -0.120. The van der Waals surface area contributed by atoms with Gasteiger partial charge in [0, 0.05) is 33.1 Å². The molecular formula is C10H22N2O. The lowest BCUT2D eigenvalue weighted by molar-refractivity contribution is -0.0670. The van der Waals surface area contributed by atoms with Crippen molar-refractivity contribution >= 4 is 0 Å². The fourth-order valence-corrected chi connectivity index (χ4v) is 2.51. The average molecular weight is 186 g/mol. The van der Waals surface area contributed by atoms with Gasteiger partial charge in [0.25, 0.3) is 0 Å². The van der Waals surface area contributed by atoms with E-state index in [-0.39, 0.29) is 1.43 Å². The Kier molecular flexibility index (Phi) is 2.86. The van der Waals surface area contributed by atoms with Crippen molar-refractivity contribution in [3.05, 3.63) is 0 Å². The molecule has 0 N–H and O–H groups in total. The van der Waals surface area contributed by atoms with Crippen molar-refractivity contribution in [2.75, 3.05) is 39.4 Å². The molecule has 13 heavy (non-hydrogen) atoms. The van der Waals surface area contributed by atoms with E-state index in [1.165, 1.54) is 19.6 Å². The molecule has 0 amide bonds. The molecule has 0 aromatic heterocycles. The maximum Gasteiger partial charge on any atom is 0.0635 e. The lowest BCUT2D eigenvalue weighted by Gasteiger charge is -2.47. The Morgan fingerprint density at radius 3 is 3.08 bits per heavy atom. The first-order chi connectivity index (χ1) is 6.31. The van der Waals surface area contributed by atoms with E-state index in [0.29, 0.717) is 12.1 Å². The van der Waals surface area contributed by atoms with Crippen LogP contribution >= 0.6 is 0 Å². The molecule has 0 aliphatic carbocycles. The maximum atomic E-state index is 5.51. The molecule has 1 unspecified atom stereocenters. The van der Waals surface area contributed by atoms with E-state index in [4.69, 9.17) is 4.74 Å². The van der Waals surface area contributed by atoms with Crippen LogP contribution in [0.1, 0.15) is 15.3 Å². The van der Waals surface area contributed by atoms with Gasteiger partial charge in [-0.3, -0.25) is 4.90 Å². The van der Waals surface area contributed by atoms with Crippen LogP contribution in [0.15, 0.2) is 0 Å². The summed E-state index contributed by atoms with van der Waals surface area (Å²) >= 11 is 0. The molecule has 2 aliphatic heterocycles. The van der Waals surface area contributed by atoms with Crippen molar-refractivity contribution in [1.29, 1.82) is 0 Å². The van der Waals surface area contributed by atoms with E-state index in [1.807, 2.05) is 0 Å². The Balaban J connectivity index is 0.000000980. The van der Waals surface area contributed by atoms with Crippen LogP contribution in [0.4, 0.5) is 0 Å². The summed E-state index contributed by atoms with van der Waals surface area (Å²) in [7, 11) is 0. The first-order valence-corrected chi connectivity index (χ1v) is 5.37. The zero-order valence-corrected chi connectivity index (χ0v) is 8.70. The van der Waals surface area contributed by atoms with Crippen LogP contribution in [0.3, 0.4) is 0 Å². The van der Waals surface area contributed by atoms with Crippen molar-refractivity contribution < 1.29 is 6.16 Å². The molecule has 2 atom stereocenters. The number of hydrogen-bond acceptors (Lipinski definition) is 3. The Morgan fingerprint density at radius 1 is 1.46 bits per heavy atom.